The van der Waals surface area contributed by atoms with Gasteiger partial charge in [-0.15, -0.1) is 6.58 Å². The van der Waals surface area contributed by atoms with Crippen molar-refractivity contribution < 1.29 is 0 Å². The van der Waals surface area contributed by atoms with Crippen molar-refractivity contribution in [2.75, 3.05) is 0 Å². The van der Waals surface area contributed by atoms with Gasteiger partial charge in [-0.1, -0.05) is 38.0 Å². The molecule has 0 aromatic heterocycles. The lowest BCUT2D eigenvalue weighted by Crippen LogP contribution is -1.95. The van der Waals surface area contributed by atoms with Crippen molar-refractivity contribution in [2.45, 2.75) is 46.5 Å². The molecule has 0 rings (SSSR count). The largest absolute Gasteiger partial charge is 0.103 e. The van der Waals surface area contributed by atoms with E-state index in [1.54, 1.807) is 0 Å². The Morgan fingerprint density at radius 2 is 2.00 bits per heavy atom. The highest BCUT2D eigenvalue weighted by Gasteiger charge is 2.00. The van der Waals surface area contributed by atoms with Gasteiger partial charge in [0.05, 0.1) is 0 Å². The minimum absolute atomic E-state index is 0.809. The van der Waals surface area contributed by atoms with E-state index in [4.69, 9.17) is 0 Å². The highest BCUT2D eigenvalue weighted by Crippen LogP contribution is 2.15. The molecule has 0 fully saturated rings. The summed E-state index contributed by atoms with van der Waals surface area (Å²) in [7, 11) is 0. The zero-order valence-corrected chi connectivity index (χ0v) is 8.77. The Kier molecular flexibility index (Phi) is 6.84. The molecule has 0 bridgehead atoms. The zero-order valence-electron chi connectivity index (χ0n) is 8.77. The Hall–Kier alpha value is -0.520. The molecule has 0 aliphatic heterocycles. The predicted molar refractivity (Wildman–Crippen MR) is 57.3 cm³/mol. The molecule has 0 aromatic carbocycles. The molecule has 1 unspecified atom stereocenters. The maximum atomic E-state index is 3.78. The van der Waals surface area contributed by atoms with E-state index < -0.39 is 0 Å². The number of hydrogen-bond acceptors (Lipinski definition) is 0. The van der Waals surface area contributed by atoms with Gasteiger partial charge in [-0.3, -0.25) is 0 Å². The van der Waals surface area contributed by atoms with Crippen LogP contribution in [-0.4, -0.2) is 0 Å². The minimum Gasteiger partial charge on any atom is -0.103 e. The van der Waals surface area contributed by atoms with Crippen LogP contribution in [0.2, 0.25) is 0 Å². The van der Waals surface area contributed by atoms with Crippen LogP contribution in [-0.2, 0) is 0 Å². The Morgan fingerprint density at radius 1 is 1.33 bits per heavy atom. The van der Waals surface area contributed by atoms with Crippen LogP contribution in [0.1, 0.15) is 46.5 Å². The van der Waals surface area contributed by atoms with E-state index in [0.29, 0.717) is 0 Å². The van der Waals surface area contributed by atoms with E-state index in [1.807, 2.05) is 6.08 Å². The first-order valence-electron chi connectivity index (χ1n) is 5.01. The summed E-state index contributed by atoms with van der Waals surface area (Å²) in [5, 5.41) is 0. The van der Waals surface area contributed by atoms with Gasteiger partial charge in [0.25, 0.3) is 0 Å². The van der Waals surface area contributed by atoms with Gasteiger partial charge in [0.2, 0.25) is 0 Å². The summed E-state index contributed by atoms with van der Waals surface area (Å²) in [6.07, 6.45) is 9.23. The molecular weight excluding hydrogens is 144 g/mol. The molecule has 0 amide bonds. The quantitative estimate of drug-likeness (QED) is 0.515. The zero-order chi connectivity index (χ0) is 9.40. The van der Waals surface area contributed by atoms with Gasteiger partial charge in [0.15, 0.2) is 0 Å². The average Bonchev–Trinajstić information content (AvgIpc) is 2.11. The van der Waals surface area contributed by atoms with Crippen LogP contribution in [0.5, 0.6) is 0 Å². The Morgan fingerprint density at radius 3 is 2.42 bits per heavy atom. The van der Waals surface area contributed by atoms with Gasteiger partial charge < -0.3 is 0 Å². The topological polar surface area (TPSA) is 0 Å². The van der Waals surface area contributed by atoms with Gasteiger partial charge in [0.1, 0.15) is 0 Å². The molecule has 0 spiro atoms. The third kappa shape index (κ3) is 5.17. The standard InChI is InChI=1S/C12H22/c1-5-8-12(7-3)10-9-11(4)6-2/h5,9,12H,1,6-8,10H2,2-4H3/b11-9+. The second-order valence-corrected chi connectivity index (χ2v) is 3.44. The highest BCUT2D eigenvalue weighted by atomic mass is 14.1. The van der Waals surface area contributed by atoms with E-state index in [9.17, 15) is 0 Å². The van der Waals surface area contributed by atoms with Crippen LogP contribution in [0.25, 0.3) is 0 Å². The fraction of sp³-hybridized carbons (Fsp3) is 0.667. The molecular formula is C12H22. The molecule has 0 heteroatoms. The summed E-state index contributed by atoms with van der Waals surface area (Å²) < 4.78 is 0. The van der Waals surface area contributed by atoms with Gasteiger partial charge in [-0.2, -0.15) is 0 Å². The van der Waals surface area contributed by atoms with E-state index >= 15 is 0 Å². The van der Waals surface area contributed by atoms with E-state index in [0.717, 1.165) is 12.3 Å². The molecule has 0 N–H and O–H groups in total. The molecule has 1 atom stereocenters. The average molecular weight is 166 g/mol. The van der Waals surface area contributed by atoms with Crippen molar-refractivity contribution in [2.24, 2.45) is 5.92 Å². The lowest BCUT2D eigenvalue weighted by atomic mass is 9.97. The molecule has 0 aliphatic rings. The van der Waals surface area contributed by atoms with Crippen LogP contribution in [0.15, 0.2) is 24.3 Å². The van der Waals surface area contributed by atoms with Gasteiger partial charge in [-0.25, -0.2) is 0 Å². The first-order chi connectivity index (χ1) is 5.74. The van der Waals surface area contributed by atoms with Crippen LogP contribution in [0, 0.1) is 5.92 Å². The number of hydrogen-bond donors (Lipinski definition) is 0. The summed E-state index contributed by atoms with van der Waals surface area (Å²) in [5.41, 5.74) is 1.51. The second-order valence-electron chi connectivity index (χ2n) is 3.44. The maximum Gasteiger partial charge on any atom is -0.0317 e. The van der Waals surface area contributed by atoms with Crippen LogP contribution < -0.4 is 0 Å². The monoisotopic (exact) mass is 166 g/mol. The summed E-state index contributed by atoms with van der Waals surface area (Å²) in [6, 6.07) is 0. The number of allylic oxidation sites excluding steroid dienone is 3. The van der Waals surface area contributed by atoms with Crippen molar-refractivity contribution in [1.29, 1.82) is 0 Å². The summed E-state index contributed by atoms with van der Waals surface area (Å²) in [5.74, 6) is 0.809. The number of rotatable bonds is 6. The first kappa shape index (κ1) is 11.5. The molecule has 0 saturated carbocycles. The SMILES string of the molecule is C=CCC(CC)C/C=C(\C)CC. The van der Waals surface area contributed by atoms with Crippen molar-refractivity contribution in [1.82, 2.24) is 0 Å². The van der Waals surface area contributed by atoms with E-state index in [2.05, 4.69) is 33.4 Å². The van der Waals surface area contributed by atoms with Crippen molar-refractivity contribution >= 4 is 0 Å². The predicted octanol–water partition coefficient (Wildman–Crippen LogP) is 4.34. The minimum atomic E-state index is 0.809. The molecule has 0 heterocycles. The second kappa shape index (κ2) is 7.15. The van der Waals surface area contributed by atoms with E-state index in [-0.39, 0.29) is 0 Å². The van der Waals surface area contributed by atoms with Crippen LogP contribution in [0.4, 0.5) is 0 Å². The van der Waals surface area contributed by atoms with Crippen molar-refractivity contribution in [3.05, 3.63) is 24.3 Å². The normalized spacial score (nSPS) is 14.4. The lowest BCUT2D eigenvalue weighted by molar-refractivity contribution is 0.523. The van der Waals surface area contributed by atoms with Crippen molar-refractivity contribution in [3.8, 4) is 0 Å². The summed E-state index contributed by atoms with van der Waals surface area (Å²) >= 11 is 0. The van der Waals surface area contributed by atoms with Crippen LogP contribution in [0.3, 0.4) is 0 Å². The molecule has 0 radical (unpaired) electrons. The van der Waals surface area contributed by atoms with Crippen molar-refractivity contribution in [3.63, 3.8) is 0 Å². The fourth-order valence-corrected chi connectivity index (χ4v) is 1.18. The summed E-state index contributed by atoms with van der Waals surface area (Å²) in [6.45, 7) is 10.4. The molecule has 0 aromatic rings. The van der Waals surface area contributed by atoms with E-state index in [1.165, 1.54) is 24.8 Å². The molecule has 70 valence electrons. The Balaban J connectivity index is 3.77. The molecule has 0 saturated heterocycles. The maximum absolute atomic E-state index is 3.78. The third-order valence-corrected chi connectivity index (χ3v) is 2.43. The molecule has 0 aliphatic carbocycles. The highest BCUT2D eigenvalue weighted by molar-refractivity contribution is 4.97. The fourth-order valence-electron chi connectivity index (χ4n) is 1.18. The Labute approximate surface area is 77.4 Å². The first-order valence-corrected chi connectivity index (χ1v) is 5.01. The Bertz CT molecular complexity index is 142. The summed E-state index contributed by atoms with van der Waals surface area (Å²) in [4.78, 5) is 0. The van der Waals surface area contributed by atoms with Gasteiger partial charge >= 0.3 is 0 Å². The van der Waals surface area contributed by atoms with Crippen LogP contribution >= 0.6 is 0 Å². The van der Waals surface area contributed by atoms with Gasteiger partial charge in [0, 0.05) is 0 Å². The molecule has 0 nitrogen and oxygen atoms in total. The van der Waals surface area contributed by atoms with Gasteiger partial charge in [-0.05, 0) is 32.1 Å². The third-order valence-electron chi connectivity index (χ3n) is 2.43. The smallest absolute Gasteiger partial charge is 0.0317 e. The molecule has 12 heavy (non-hydrogen) atoms. The lowest BCUT2D eigenvalue weighted by Gasteiger charge is -2.09.